The van der Waals surface area contributed by atoms with Gasteiger partial charge in [-0.25, -0.2) is 4.98 Å². The first-order chi connectivity index (χ1) is 8.79. The first kappa shape index (κ1) is 12.1. The quantitative estimate of drug-likeness (QED) is 0.596. The van der Waals surface area contributed by atoms with Gasteiger partial charge in [-0.15, -0.1) is 0 Å². The number of hydrogen-bond acceptors (Lipinski definition) is 4. The molecular formula is C14H14N2O2. The van der Waals surface area contributed by atoms with Gasteiger partial charge in [0.1, 0.15) is 17.9 Å². The van der Waals surface area contributed by atoms with E-state index in [4.69, 9.17) is 4.74 Å². The molecule has 1 aromatic heterocycles. The van der Waals surface area contributed by atoms with Crippen LogP contribution in [0.5, 0.6) is 5.75 Å². The second-order valence-corrected chi connectivity index (χ2v) is 3.85. The minimum absolute atomic E-state index is 0.400. The third-order valence-electron chi connectivity index (χ3n) is 2.48. The second kappa shape index (κ2) is 5.82. The van der Waals surface area contributed by atoms with Gasteiger partial charge in [0.2, 0.25) is 0 Å². The third-order valence-corrected chi connectivity index (χ3v) is 2.48. The Labute approximate surface area is 106 Å². The molecule has 0 aliphatic rings. The monoisotopic (exact) mass is 242 g/mol. The molecule has 0 saturated carbocycles. The number of aldehydes is 1. The van der Waals surface area contributed by atoms with E-state index in [0.29, 0.717) is 12.3 Å². The van der Waals surface area contributed by atoms with Crippen LogP contribution in [0.3, 0.4) is 0 Å². The number of carbonyl (C=O) groups excluding carboxylic acids is 1. The molecule has 0 amide bonds. The summed E-state index contributed by atoms with van der Waals surface area (Å²) in [4.78, 5) is 16.6. The molecule has 92 valence electrons. The van der Waals surface area contributed by atoms with Crippen LogP contribution < -0.4 is 9.64 Å². The zero-order valence-corrected chi connectivity index (χ0v) is 10.1. The maximum absolute atomic E-state index is 10.5. The van der Waals surface area contributed by atoms with Crippen molar-refractivity contribution in [3.05, 3.63) is 54.2 Å². The molecule has 0 fully saturated rings. The molecule has 2 aromatic rings. The zero-order chi connectivity index (χ0) is 12.8. The maximum Gasteiger partial charge on any atom is 0.162 e. The molecule has 0 unspecified atom stereocenters. The normalized spacial score (nSPS) is 9.83. The molecule has 2 rings (SSSR count). The van der Waals surface area contributed by atoms with Crippen molar-refractivity contribution < 1.29 is 9.53 Å². The number of anilines is 1. The number of ether oxygens (including phenoxy) is 1. The summed E-state index contributed by atoms with van der Waals surface area (Å²) in [6.45, 7) is 0.400. The van der Waals surface area contributed by atoms with E-state index in [0.717, 1.165) is 17.9 Å². The lowest BCUT2D eigenvalue weighted by atomic mass is 10.2. The number of pyridine rings is 1. The van der Waals surface area contributed by atoms with E-state index in [1.165, 1.54) is 0 Å². The van der Waals surface area contributed by atoms with Gasteiger partial charge in [-0.2, -0.15) is 0 Å². The smallest absolute Gasteiger partial charge is 0.162 e. The van der Waals surface area contributed by atoms with Gasteiger partial charge in [-0.1, -0.05) is 6.07 Å². The van der Waals surface area contributed by atoms with E-state index in [1.54, 1.807) is 30.5 Å². The fraction of sp³-hybridized carbons (Fsp3) is 0.143. The van der Waals surface area contributed by atoms with Gasteiger partial charge >= 0.3 is 0 Å². The van der Waals surface area contributed by atoms with Crippen molar-refractivity contribution in [1.82, 2.24) is 4.98 Å². The van der Waals surface area contributed by atoms with Gasteiger partial charge in [0.25, 0.3) is 0 Å². The predicted molar refractivity (Wildman–Crippen MR) is 70.0 cm³/mol. The van der Waals surface area contributed by atoms with Crippen LogP contribution in [-0.4, -0.2) is 25.0 Å². The van der Waals surface area contributed by atoms with Crippen molar-refractivity contribution in [3.63, 3.8) is 0 Å². The van der Waals surface area contributed by atoms with Crippen LogP contribution >= 0.6 is 0 Å². The lowest BCUT2D eigenvalue weighted by Gasteiger charge is -2.18. The summed E-state index contributed by atoms with van der Waals surface area (Å²) in [6.07, 6.45) is 2.55. The summed E-state index contributed by atoms with van der Waals surface area (Å²) >= 11 is 0. The summed E-state index contributed by atoms with van der Waals surface area (Å²) in [6, 6.07) is 12.7. The van der Waals surface area contributed by atoms with E-state index in [9.17, 15) is 4.79 Å². The van der Waals surface area contributed by atoms with Crippen molar-refractivity contribution in [1.29, 1.82) is 0 Å². The molecule has 0 atom stereocenters. The molecule has 0 N–H and O–H groups in total. The van der Waals surface area contributed by atoms with Crippen molar-refractivity contribution in [2.45, 2.75) is 0 Å². The van der Waals surface area contributed by atoms with Crippen molar-refractivity contribution in [3.8, 4) is 5.75 Å². The summed E-state index contributed by atoms with van der Waals surface area (Å²) < 4.78 is 5.59. The Kier molecular flexibility index (Phi) is 3.91. The predicted octanol–water partition coefficient (Wildman–Crippen LogP) is 2.37. The van der Waals surface area contributed by atoms with Crippen LogP contribution in [-0.2, 0) is 0 Å². The lowest BCUT2D eigenvalue weighted by Crippen LogP contribution is -2.23. The molecule has 4 heteroatoms. The summed E-state index contributed by atoms with van der Waals surface area (Å²) in [5.41, 5.74) is 0.639. The van der Waals surface area contributed by atoms with E-state index < -0.39 is 0 Å². The van der Waals surface area contributed by atoms with Gasteiger partial charge in [0.05, 0.1) is 0 Å². The molecular weight excluding hydrogens is 228 g/mol. The van der Waals surface area contributed by atoms with Gasteiger partial charge in [-0.3, -0.25) is 4.79 Å². The summed E-state index contributed by atoms with van der Waals surface area (Å²) in [5, 5.41) is 0. The van der Waals surface area contributed by atoms with Crippen molar-refractivity contribution in [2.24, 2.45) is 0 Å². The van der Waals surface area contributed by atoms with E-state index in [2.05, 4.69) is 4.98 Å². The van der Waals surface area contributed by atoms with Crippen LogP contribution in [0.15, 0.2) is 48.7 Å². The highest BCUT2D eigenvalue weighted by Crippen LogP contribution is 2.13. The highest BCUT2D eigenvalue weighted by molar-refractivity contribution is 5.74. The van der Waals surface area contributed by atoms with Crippen molar-refractivity contribution >= 4 is 12.1 Å². The first-order valence-electron chi connectivity index (χ1n) is 5.60. The van der Waals surface area contributed by atoms with E-state index in [-0.39, 0.29) is 0 Å². The Hall–Kier alpha value is -2.36. The number of nitrogens with zero attached hydrogens (tertiary/aromatic N) is 2. The molecule has 0 aliphatic heterocycles. The number of rotatable bonds is 5. The van der Waals surface area contributed by atoms with Crippen LogP contribution in [0.1, 0.15) is 10.4 Å². The van der Waals surface area contributed by atoms with Gasteiger partial charge in [0.15, 0.2) is 6.73 Å². The lowest BCUT2D eigenvalue weighted by molar-refractivity contribution is 0.112. The molecule has 0 spiro atoms. The van der Waals surface area contributed by atoms with E-state index in [1.807, 2.05) is 30.1 Å². The van der Waals surface area contributed by atoms with Crippen molar-refractivity contribution in [2.75, 3.05) is 18.7 Å². The van der Waals surface area contributed by atoms with Crippen LogP contribution in [0.4, 0.5) is 5.82 Å². The number of hydrogen-bond donors (Lipinski definition) is 0. The van der Waals surface area contributed by atoms with Gasteiger partial charge in [-0.05, 0) is 36.4 Å². The minimum Gasteiger partial charge on any atom is -0.473 e. The minimum atomic E-state index is 0.400. The average molecular weight is 242 g/mol. The Bertz CT molecular complexity index is 497. The zero-order valence-electron chi connectivity index (χ0n) is 10.1. The Morgan fingerprint density at radius 1 is 1.22 bits per heavy atom. The number of carbonyl (C=O) groups is 1. The molecule has 0 aliphatic carbocycles. The highest BCUT2D eigenvalue weighted by atomic mass is 16.5. The number of benzene rings is 1. The summed E-state index contributed by atoms with van der Waals surface area (Å²) in [7, 11) is 1.90. The third kappa shape index (κ3) is 3.07. The molecule has 1 heterocycles. The first-order valence-corrected chi connectivity index (χ1v) is 5.60. The maximum atomic E-state index is 10.5. The Morgan fingerprint density at radius 2 is 2.00 bits per heavy atom. The van der Waals surface area contributed by atoms with Gasteiger partial charge in [0, 0.05) is 18.8 Å². The molecule has 4 nitrogen and oxygen atoms in total. The second-order valence-electron chi connectivity index (χ2n) is 3.85. The topological polar surface area (TPSA) is 42.4 Å². The van der Waals surface area contributed by atoms with Crippen LogP contribution in [0, 0.1) is 0 Å². The van der Waals surface area contributed by atoms with E-state index >= 15 is 0 Å². The molecule has 18 heavy (non-hydrogen) atoms. The fourth-order valence-electron chi connectivity index (χ4n) is 1.46. The van der Waals surface area contributed by atoms with Crippen LogP contribution in [0.2, 0.25) is 0 Å². The summed E-state index contributed by atoms with van der Waals surface area (Å²) in [5.74, 6) is 1.57. The van der Waals surface area contributed by atoms with Crippen LogP contribution in [0.25, 0.3) is 0 Å². The molecule has 1 aromatic carbocycles. The largest absolute Gasteiger partial charge is 0.473 e. The highest BCUT2D eigenvalue weighted by Gasteiger charge is 2.01. The number of aromatic nitrogens is 1. The SMILES string of the molecule is CN(COc1ccc(C=O)cc1)c1ccccn1. The molecule has 0 saturated heterocycles. The molecule has 0 radical (unpaired) electrons. The molecule has 0 bridgehead atoms. The Morgan fingerprint density at radius 3 is 2.61 bits per heavy atom. The van der Waals surface area contributed by atoms with Gasteiger partial charge < -0.3 is 9.64 Å². The standard InChI is InChI=1S/C14H14N2O2/c1-16(14-4-2-3-9-15-14)11-18-13-7-5-12(10-17)6-8-13/h2-10H,11H2,1H3. The average Bonchev–Trinajstić information content (AvgIpc) is 2.46. The fourth-order valence-corrected chi connectivity index (χ4v) is 1.46. The Balaban J connectivity index is 1.93.